The molecular weight excluding hydrogens is 336 g/mol. The van der Waals surface area contributed by atoms with Crippen LogP contribution in [0.15, 0.2) is 29.4 Å². The second kappa shape index (κ2) is 11.8. The molecule has 0 aromatic heterocycles. The van der Waals surface area contributed by atoms with Crippen LogP contribution in [0.3, 0.4) is 0 Å². The highest BCUT2D eigenvalue weighted by Gasteiger charge is 2.19. The molecule has 1 aromatic carbocycles. The van der Waals surface area contributed by atoms with Crippen molar-refractivity contribution < 1.29 is 0 Å². The predicted octanol–water partition coefficient (Wildman–Crippen LogP) is 7.17. The molecule has 1 aliphatic rings. The fraction of sp³-hybridized carbons (Fsp3) is 0.650. The number of unbranched alkanes of at least 4 members (excludes halogenated alkanes) is 9. The minimum atomic E-state index is -0.113. The average molecular weight is 367 g/mol. The summed E-state index contributed by atoms with van der Waals surface area (Å²) < 4.78 is 0. The second-order valence-electron chi connectivity index (χ2n) is 6.59. The van der Waals surface area contributed by atoms with Crippen LogP contribution >= 0.6 is 23.4 Å². The van der Waals surface area contributed by atoms with Crippen LogP contribution in [0.5, 0.6) is 0 Å². The molecule has 1 heterocycles. The first-order chi connectivity index (χ1) is 11.8. The van der Waals surface area contributed by atoms with Gasteiger partial charge in [0.15, 0.2) is 4.83 Å². The number of anilines is 1. The van der Waals surface area contributed by atoms with Crippen LogP contribution in [0.25, 0.3) is 0 Å². The van der Waals surface area contributed by atoms with Gasteiger partial charge in [0, 0.05) is 0 Å². The van der Waals surface area contributed by atoms with E-state index in [0.717, 1.165) is 5.69 Å². The van der Waals surface area contributed by atoms with Gasteiger partial charge in [-0.25, -0.2) is 5.01 Å². The van der Waals surface area contributed by atoms with Gasteiger partial charge in [0.25, 0.3) is 0 Å². The van der Waals surface area contributed by atoms with E-state index in [2.05, 4.69) is 36.3 Å². The molecule has 0 saturated carbocycles. The maximum Gasteiger partial charge on any atom is 0.177 e. The van der Waals surface area contributed by atoms with Gasteiger partial charge in [0.05, 0.1) is 11.2 Å². The minimum Gasteiger partial charge on any atom is -0.236 e. The summed E-state index contributed by atoms with van der Waals surface area (Å²) in [5, 5.41) is 6.14. The van der Waals surface area contributed by atoms with Crippen molar-refractivity contribution in [2.24, 2.45) is 5.10 Å². The first-order valence-corrected chi connectivity index (χ1v) is 10.9. The normalized spacial score (nSPS) is 16.9. The van der Waals surface area contributed by atoms with Crippen molar-refractivity contribution >= 4 is 34.6 Å². The van der Waals surface area contributed by atoms with E-state index >= 15 is 0 Å². The summed E-state index contributed by atoms with van der Waals surface area (Å²) in [6.07, 6.45) is 15.1. The van der Waals surface area contributed by atoms with Gasteiger partial charge in [-0.05, 0) is 30.5 Å². The van der Waals surface area contributed by atoms with Crippen LogP contribution < -0.4 is 5.01 Å². The number of hydrazone groups is 1. The summed E-state index contributed by atoms with van der Waals surface area (Å²) in [6, 6.07) is 8.69. The Bertz CT molecular complexity index is 475. The van der Waals surface area contributed by atoms with Crippen molar-refractivity contribution in [1.82, 2.24) is 0 Å². The molecule has 24 heavy (non-hydrogen) atoms. The zero-order valence-corrected chi connectivity index (χ0v) is 16.5. The molecule has 2 rings (SSSR count). The van der Waals surface area contributed by atoms with Gasteiger partial charge >= 0.3 is 0 Å². The molecular formula is C20H31ClN2S. The molecule has 0 N–H and O–H groups in total. The van der Waals surface area contributed by atoms with Gasteiger partial charge < -0.3 is 0 Å². The highest BCUT2D eigenvalue weighted by molar-refractivity contribution is 8.13. The lowest BCUT2D eigenvalue weighted by atomic mass is 10.0. The number of benzene rings is 1. The summed E-state index contributed by atoms with van der Waals surface area (Å²) >= 11 is 7.73. The first-order valence-electron chi connectivity index (χ1n) is 9.51. The standard InChI is InChI=1S/C20H31ClN2S/c1-2-3-4-5-6-7-8-9-10-11-12-18-13-15-19(16-14-18)23-20(21)24-17-22-23/h13-17,20H,2-12H2,1H3. The van der Waals surface area contributed by atoms with Crippen LogP contribution in [0.2, 0.25) is 0 Å². The van der Waals surface area contributed by atoms with Crippen molar-refractivity contribution in [2.45, 2.75) is 82.4 Å². The molecule has 0 fully saturated rings. The number of alkyl halides is 1. The molecule has 1 atom stereocenters. The Kier molecular flexibility index (Phi) is 9.67. The largest absolute Gasteiger partial charge is 0.236 e. The van der Waals surface area contributed by atoms with Crippen molar-refractivity contribution in [3.63, 3.8) is 0 Å². The van der Waals surface area contributed by atoms with Crippen molar-refractivity contribution in [3.8, 4) is 0 Å². The summed E-state index contributed by atoms with van der Waals surface area (Å²) in [7, 11) is 0. The van der Waals surface area contributed by atoms with Gasteiger partial charge in [-0.2, -0.15) is 5.10 Å². The maximum absolute atomic E-state index is 6.20. The zero-order valence-electron chi connectivity index (χ0n) is 14.9. The van der Waals surface area contributed by atoms with E-state index in [4.69, 9.17) is 11.6 Å². The monoisotopic (exact) mass is 366 g/mol. The van der Waals surface area contributed by atoms with E-state index in [-0.39, 0.29) is 4.83 Å². The highest BCUT2D eigenvalue weighted by atomic mass is 35.5. The minimum absolute atomic E-state index is 0.113. The first kappa shape index (κ1) is 19.7. The third-order valence-corrected chi connectivity index (χ3v) is 5.69. The number of rotatable bonds is 12. The van der Waals surface area contributed by atoms with Crippen molar-refractivity contribution in [2.75, 3.05) is 5.01 Å². The van der Waals surface area contributed by atoms with E-state index in [0.29, 0.717) is 0 Å². The van der Waals surface area contributed by atoms with Crippen molar-refractivity contribution in [3.05, 3.63) is 29.8 Å². The van der Waals surface area contributed by atoms with E-state index in [9.17, 15) is 0 Å². The molecule has 0 aliphatic carbocycles. The fourth-order valence-electron chi connectivity index (χ4n) is 3.05. The van der Waals surface area contributed by atoms with Crippen LogP contribution in [0.4, 0.5) is 5.69 Å². The Morgan fingerprint density at radius 3 is 2.04 bits per heavy atom. The van der Waals surface area contributed by atoms with Crippen LogP contribution in [0, 0.1) is 0 Å². The lowest BCUT2D eigenvalue weighted by molar-refractivity contribution is 0.556. The van der Waals surface area contributed by atoms with Gasteiger partial charge in [-0.15, -0.1) is 0 Å². The number of aryl methyl sites for hydroxylation is 1. The maximum atomic E-state index is 6.20. The molecule has 4 heteroatoms. The molecule has 0 bridgehead atoms. The van der Waals surface area contributed by atoms with E-state index in [1.165, 1.54) is 88.0 Å². The van der Waals surface area contributed by atoms with E-state index < -0.39 is 0 Å². The SMILES string of the molecule is CCCCCCCCCCCCc1ccc(N2N=CSC2Cl)cc1. The highest BCUT2D eigenvalue weighted by Crippen LogP contribution is 2.30. The summed E-state index contributed by atoms with van der Waals surface area (Å²) in [6.45, 7) is 2.28. The van der Waals surface area contributed by atoms with Crippen molar-refractivity contribution in [1.29, 1.82) is 0 Å². The fourth-order valence-corrected chi connectivity index (χ4v) is 3.90. The van der Waals surface area contributed by atoms with Crippen LogP contribution in [-0.2, 0) is 6.42 Å². The summed E-state index contributed by atoms with van der Waals surface area (Å²) in [5.74, 6) is 0. The van der Waals surface area contributed by atoms with Gasteiger partial charge in [-0.3, -0.25) is 0 Å². The third kappa shape index (κ3) is 7.06. The second-order valence-corrected chi connectivity index (χ2v) is 8.19. The molecule has 1 unspecified atom stereocenters. The van der Waals surface area contributed by atoms with E-state index in [1.807, 2.05) is 5.01 Å². The Hall–Kier alpha value is -0.670. The molecule has 0 amide bonds. The summed E-state index contributed by atoms with van der Waals surface area (Å²) in [5.41, 5.74) is 4.29. The number of thioether (sulfide) groups is 1. The quantitative estimate of drug-likeness (QED) is 0.221. The van der Waals surface area contributed by atoms with Crippen LogP contribution in [-0.4, -0.2) is 10.4 Å². The van der Waals surface area contributed by atoms with E-state index in [1.54, 1.807) is 5.55 Å². The Morgan fingerprint density at radius 2 is 1.50 bits per heavy atom. The molecule has 1 aromatic rings. The number of hydrogen-bond acceptors (Lipinski definition) is 3. The lowest BCUT2D eigenvalue weighted by Crippen LogP contribution is -2.17. The predicted molar refractivity (Wildman–Crippen MR) is 110 cm³/mol. The Labute approximate surface area is 157 Å². The van der Waals surface area contributed by atoms with Gasteiger partial charge in [0.1, 0.15) is 0 Å². The molecule has 1 aliphatic heterocycles. The van der Waals surface area contributed by atoms with Crippen LogP contribution in [0.1, 0.15) is 76.7 Å². The third-order valence-electron chi connectivity index (χ3n) is 4.56. The van der Waals surface area contributed by atoms with Gasteiger partial charge in [0.2, 0.25) is 0 Å². The number of hydrogen-bond donors (Lipinski definition) is 0. The lowest BCUT2D eigenvalue weighted by Gasteiger charge is -2.17. The topological polar surface area (TPSA) is 15.6 Å². The zero-order chi connectivity index (χ0) is 17.0. The molecule has 134 valence electrons. The Morgan fingerprint density at radius 1 is 0.917 bits per heavy atom. The number of halogens is 1. The summed E-state index contributed by atoms with van der Waals surface area (Å²) in [4.78, 5) is -0.113. The average Bonchev–Trinajstić information content (AvgIpc) is 3.03. The molecule has 0 saturated heterocycles. The molecule has 2 nitrogen and oxygen atoms in total. The smallest absolute Gasteiger partial charge is 0.177 e. The van der Waals surface area contributed by atoms with Gasteiger partial charge in [-0.1, -0.05) is 100 Å². The molecule has 0 radical (unpaired) electrons. The Balaban J connectivity index is 1.52. The number of nitrogens with zero attached hydrogens (tertiary/aromatic N) is 2. The molecule has 0 spiro atoms.